The van der Waals surface area contributed by atoms with Crippen molar-refractivity contribution in [2.75, 3.05) is 26.4 Å². The average molecular weight is 695 g/mol. The molecule has 3 aromatic rings. The molecule has 0 aliphatic heterocycles. The molecule has 18 heteroatoms. The van der Waals surface area contributed by atoms with Crippen LogP contribution >= 0.6 is 10.9 Å². The number of ether oxygens (including phenoxy) is 4. The first-order chi connectivity index (χ1) is 22.8. The van der Waals surface area contributed by atoms with Crippen LogP contribution in [0.25, 0.3) is 21.1 Å². The van der Waals surface area contributed by atoms with Gasteiger partial charge in [-0.05, 0) is 36.4 Å². The number of carbonyl (C=O) groups is 2. The highest BCUT2D eigenvalue weighted by molar-refractivity contribution is 8.19. The van der Waals surface area contributed by atoms with Crippen LogP contribution in [0, 0.1) is 35.8 Å². The summed E-state index contributed by atoms with van der Waals surface area (Å²) in [5, 5.41) is 18.8. The molecule has 0 aliphatic carbocycles. The lowest BCUT2D eigenvalue weighted by atomic mass is 10.1. The molecule has 0 radical (unpaired) electrons. The highest BCUT2D eigenvalue weighted by atomic mass is 32.3. The number of rotatable bonds is 12. The maximum Gasteiger partial charge on any atom is 0.339 e. The second-order valence-electron chi connectivity index (χ2n) is 8.94. The van der Waals surface area contributed by atoms with Gasteiger partial charge in [-0.15, -0.1) is 0 Å². The monoisotopic (exact) mass is 694 g/mol. The van der Waals surface area contributed by atoms with Crippen molar-refractivity contribution in [3.8, 4) is 23.6 Å². The Morgan fingerprint density at radius 3 is 1.46 bits per heavy atom. The number of hydrogen-bond donors (Lipinski definition) is 4. The highest BCUT2D eigenvalue weighted by Gasteiger charge is 2.24. The van der Waals surface area contributed by atoms with Crippen molar-refractivity contribution < 1.29 is 55.2 Å². The number of hydrogen-bond acceptors (Lipinski definition) is 13. The number of benzene rings is 3. The van der Waals surface area contributed by atoms with Crippen LogP contribution in [0.3, 0.4) is 0 Å². The normalized spacial score (nSPS) is 12.5. The predicted molar refractivity (Wildman–Crippen MR) is 165 cm³/mol. The molecule has 16 nitrogen and oxygen atoms in total. The van der Waals surface area contributed by atoms with Crippen molar-refractivity contribution in [1.29, 1.82) is 10.5 Å². The van der Waals surface area contributed by atoms with Crippen LogP contribution in [-0.4, -0.2) is 65.0 Å². The van der Waals surface area contributed by atoms with Crippen molar-refractivity contribution >= 4 is 44.3 Å². The Balaban J connectivity index is 1.85. The summed E-state index contributed by atoms with van der Waals surface area (Å²) in [7, 11) is -8.98. The van der Waals surface area contributed by atoms with Gasteiger partial charge in [0.25, 0.3) is 21.5 Å². The third-order valence-corrected chi connectivity index (χ3v) is 7.82. The summed E-state index contributed by atoms with van der Waals surface area (Å²) in [6, 6.07) is 15.5. The van der Waals surface area contributed by atoms with Crippen LogP contribution < -0.4 is 19.9 Å². The minimum atomic E-state index is -4.74. The van der Waals surface area contributed by atoms with E-state index in [1.54, 1.807) is 12.1 Å². The van der Waals surface area contributed by atoms with Gasteiger partial charge in [0.2, 0.25) is 0 Å². The highest BCUT2D eigenvalue weighted by Crippen LogP contribution is 2.45. The molecule has 0 fully saturated rings. The SMILES string of the molecule is [C-]#[N+]/C(C#N)=c1/cc(OCCOC(=O)c2ccccc2S(=O)(=O)O)/c(=C(\C#N)[N+]#[C-])cc1OCCOC(=O)c1ccccc1S(O)(O)O. The second kappa shape index (κ2) is 16.0. The summed E-state index contributed by atoms with van der Waals surface area (Å²) in [6.07, 6.45) is 0. The molecule has 0 saturated carbocycles. The summed E-state index contributed by atoms with van der Waals surface area (Å²) in [6.45, 7) is 13.0. The van der Waals surface area contributed by atoms with Crippen LogP contribution in [0.2, 0.25) is 0 Å². The van der Waals surface area contributed by atoms with E-state index in [9.17, 15) is 46.7 Å². The fourth-order valence-electron chi connectivity index (χ4n) is 3.92. The number of nitriles is 2. The fraction of sp³-hybridized carbons (Fsp3) is 0.133. The Morgan fingerprint density at radius 2 is 1.08 bits per heavy atom. The van der Waals surface area contributed by atoms with E-state index in [4.69, 9.17) is 32.1 Å². The van der Waals surface area contributed by atoms with E-state index in [0.717, 1.165) is 30.3 Å². The molecule has 3 aromatic carbocycles. The molecule has 246 valence electrons. The van der Waals surface area contributed by atoms with Crippen molar-refractivity contribution in [2.24, 2.45) is 0 Å². The summed E-state index contributed by atoms with van der Waals surface area (Å²) >= 11 is 0. The number of nitrogens with zero attached hydrogens (tertiary/aromatic N) is 4. The van der Waals surface area contributed by atoms with Crippen LogP contribution in [-0.2, 0) is 19.6 Å². The van der Waals surface area contributed by atoms with Crippen molar-refractivity contribution in [3.63, 3.8) is 0 Å². The van der Waals surface area contributed by atoms with Crippen LogP contribution in [0.4, 0.5) is 0 Å². The largest absolute Gasteiger partial charge is 0.491 e. The minimum Gasteiger partial charge on any atom is -0.491 e. The molecule has 0 heterocycles. The quantitative estimate of drug-likeness (QED) is 0.0922. The fourth-order valence-corrected chi connectivity index (χ4v) is 5.31. The Hall–Kier alpha value is -5.96. The zero-order chi connectivity index (χ0) is 35.5. The molecule has 0 atom stereocenters. The predicted octanol–water partition coefficient (Wildman–Crippen LogP) is 3.09. The van der Waals surface area contributed by atoms with Gasteiger partial charge < -0.3 is 32.6 Å². The first kappa shape index (κ1) is 36.5. The van der Waals surface area contributed by atoms with Crippen LogP contribution in [0.15, 0.2) is 70.5 Å². The molecule has 0 amide bonds. The lowest BCUT2D eigenvalue weighted by Gasteiger charge is -2.21. The molecule has 0 saturated heterocycles. The van der Waals surface area contributed by atoms with Crippen molar-refractivity contribution in [1.82, 2.24) is 0 Å². The smallest absolute Gasteiger partial charge is 0.339 e. The van der Waals surface area contributed by atoms with Crippen LogP contribution in [0.1, 0.15) is 20.7 Å². The van der Waals surface area contributed by atoms with Gasteiger partial charge in [0, 0.05) is 10.4 Å². The lowest BCUT2D eigenvalue weighted by molar-refractivity contribution is 0.0435. The molecule has 3 rings (SSSR count). The van der Waals surface area contributed by atoms with Gasteiger partial charge in [-0.3, -0.25) is 4.55 Å². The molecule has 0 bridgehead atoms. The zero-order valence-electron chi connectivity index (χ0n) is 24.3. The summed E-state index contributed by atoms with van der Waals surface area (Å²) < 4.78 is 82.6. The van der Waals surface area contributed by atoms with E-state index in [1.165, 1.54) is 30.3 Å². The third-order valence-electron chi connectivity index (χ3n) is 5.96. The molecular weight excluding hydrogens is 672 g/mol. The Bertz CT molecular complexity index is 2120. The second-order valence-corrected chi connectivity index (χ2v) is 11.8. The van der Waals surface area contributed by atoms with Gasteiger partial charge in [-0.1, -0.05) is 24.3 Å². The van der Waals surface area contributed by atoms with Crippen molar-refractivity contribution in [2.45, 2.75) is 9.79 Å². The average Bonchev–Trinajstić information content (AvgIpc) is 3.06. The standard InChI is InChI=1S/C30H22N4O12S2/c1-33-23(17-31)21-15-26(44-12-14-46-30(36)20-8-4-6-10-28(20)48(40,41)42)22(24(18-32)34-2)16-25(21)43-11-13-45-29(35)19-7-3-5-9-27(19)47(37,38)39/h3-10,15-16,37-39H,11-14H2,(H,40,41,42)/b23-21-,24-22+. The van der Waals surface area contributed by atoms with E-state index in [2.05, 4.69) is 9.69 Å². The Kier molecular flexibility index (Phi) is 12.2. The summed E-state index contributed by atoms with van der Waals surface area (Å²) in [5.74, 6) is -2.52. The van der Waals surface area contributed by atoms with Gasteiger partial charge in [-0.2, -0.15) is 8.42 Å². The number of esters is 2. The minimum absolute atomic E-state index is 0.140. The van der Waals surface area contributed by atoms with E-state index in [0.29, 0.717) is 0 Å². The maximum absolute atomic E-state index is 12.5. The van der Waals surface area contributed by atoms with Gasteiger partial charge >= 0.3 is 11.9 Å². The van der Waals surface area contributed by atoms with Gasteiger partial charge in [-0.25, -0.2) is 29.8 Å². The zero-order valence-corrected chi connectivity index (χ0v) is 25.9. The molecule has 0 aromatic heterocycles. The van der Waals surface area contributed by atoms with E-state index >= 15 is 0 Å². The van der Waals surface area contributed by atoms with Crippen molar-refractivity contribution in [3.05, 3.63) is 105 Å². The van der Waals surface area contributed by atoms with Gasteiger partial charge in [0.15, 0.2) is 0 Å². The molecule has 0 spiro atoms. The van der Waals surface area contributed by atoms with E-state index in [1.807, 2.05) is 0 Å². The lowest BCUT2D eigenvalue weighted by Crippen LogP contribution is -2.23. The van der Waals surface area contributed by atoms with Crippen LogP contribution in [0.5, 0.6) is 11.5 Å². The summed E-state index contributed by atoms with van der Waals surface area (Å²) in [4.78, 5) is 30.2. The molecular formula is C30H22N4O12S2. The maximum atomic E-state index is 12.5. The van der Waals surface area contributed by atoms with Gasteiger partial charge in [0.1, 0.15) is 53.7 Å². The first-order valence-corrected chi connectivity index (χ1v) is 15.9. The Morgan fingerprint density at radius 1 is 0.688 bits per heavy atom. The Labute approximate surface area is 274 Å². The molecule has 48 heavy (non-hydrogen) atoms. The van der Waals surface area contributed by atoms with E-state index < -0.39 is 86.1 Å². The van der Waals surface area contributed by atoms with Gasteiger partial charge in [0.05, 0.1) is 41.3 Å². The number of carbonyl (C=O) groups excluding carboxylic acids is 2. The first-order valence-electron chi connectivity index (χ1n) is 13.0. The topological polar surface area (TPSA) is 242 Å². The third kappa shape index (κ3) is 9.07. The van der Waals surface area contributed by atoms with E-state index in [-0.39, 0.29) is 27.5 Å². The summed E-state index contributed by atoms with van der Waals surface area (Å²) in [5.41, 5.74) is -1.75. The molecule has 0 aliphatic rings. The molecule has 0 unspecified atom stereocenters. The molecule has 4 N–H and O–H groups in total.